The molecule has 4 rings (SSSR count). The van der Waals surface area contributed by atoms with Crippen molar-refractivity contribution in [2.24, 2.45) is 0 Å². The summed E-state index contributed by atoms with van der Waals surface area (Å²) in [6, 6.07) is 9.87. The van der Waals surface area contributed by atoms with Gasteiger partial charge in [0.2, 0.25) is 18.2 Å². The molecule has 2 heterocycles. The number of rotatable bonds is 11. The van der Waals surface area contributed by atoms with E-state index in [9.17, 15) is 24.0 Å². The molecule has 0 aliphatic carbocycles. The minimum Gasteiger partial charge on any atom is -0.495 e. The third kappa shape index (κ3) is 5.79. The highest BCUT2D eigenvalue weighted by Crippen LogP contribution is 2.30. The summed E-state index contributed by atoms with van der Waals surface area (Å²) in [5.41, 5.74) is 3.59. The summed E-state index contributed by atoms with van der Waals surface area (Å²) in [6.45, 7) is 0.890. The van der Waals surface area contributed by atoms with Crippen LogP contribution in [0.15, 0.2) is 36.4 Å². The number of nitrogens with zero attached hydrogens (tertiary/aromatic N) is 1. The molecule has 2 aliphatic rings. The smallest absolute Gasteiger partial charge is 0.255 e. The number of piperidine rings is 1. The lowest BCUT2D eigenvalue weighted by atomic mass is 9.98. The highest BCUT2D eigenvalue weighted by atomic mass is 16.5. The van der Waals surface area contributed by atoms with Gasteiger partial charge in [-0.3, -0.25) is 29.3 Å². The van der Waals surface area contributed by atoms with E-state index in [1.54, 1.807) is 29.2 Å². The molecule has 0 saturated carbocycles. The number of ether oxygens (including phenoxy) is 1. The first-order valence-electron chi connectivity index (χ1n) is 12.3. The quantitative estimate of drug-likeness (QED) is 0.243. The van der Waals surface area contributed by atoms with Crippen molar-refractivity contribution >= 4 is 35.7 Å². The molecule has 1 fully saturated rings. The Labute approximate surface area is 214 Å². The normalized spacial score (nSPS) is 16.7. The van der Waals surface area contributed by atoms with Crippen LogP contribution in [-0.2, 0) is 27.3 Å². The van der Waals surface area contributed by atoms with E-state index >= 15 is 0 Å². The van der Waals surface area contributed by atoms with Crippen LogP contribution in [0.4, 0.5) is 5.69 Å². The summed E-state index contributed by atoms with van der Waals surface area (Å²) in [6.07, 6.45) is 4.49. The molecule has 2 aromatic rings. The Morgan fingerprint density at radius 1 is 1.16 bits per heavy atom. The average molecular weight is 507 g/mol. The van der Waals surface area contributed by atoms with Gasteiger partial charge >= 0.3 is 0 Å². The van der Waals surface area contributed by atoms with E-state index in [0.29, 0.717) is 48.5 Å². The van der Waals surface area contributed by atoms with Gasteiger partial charge in [0.25, 0.3) is 11.8 Å². The third-order valence-corrected chi connectivity index (χ3v) is 6.77. The van der Waals surface area contributed by atoms with Gasteiger partial charge in [0.15, 0.2) is 0 Å². The lowest BCUT2D eigenvalue weighted by Gasteiger charge is -2.29. The molecule has 37 heavy (non-hydrogen) atoms. The summed E-state index contributed by atoms with van der Waals surface area (Å²) < 4.78 is 5.22. The number of benzene rings is 2. The van der Waals surface area contributed by atoms with E-state index in [2.05, 4.69) is 16.0 Å². The zero-order valence-electron chi connectivity index (χ0n) is 20.7. The van der Waals surface area contributed by atoms with Gasteiger partial charge in [0.1, 0.15) is 11.8 Å². The molecule has 1 unspecified atom stereocenters. The number of hydrogen-bond donors (Lipinski definition) is 3. The van der Waals surface area contributed by atoms with E-state index in [-0.39, 0.29) is 24.1 Å². The minimum absolute atomic E-state index is 0.166. The molecule has 2 aromatic carbocycles. The number of methoxy groups -OCH3 is 1. The van der Waals surface area contributed by atoms with Crippen molar-refractivity contribution in [2.45, 2.75) is 51.1 Å². The molecule has 0 radical (unpaired) electrons. The van der Waals surface area contributed by atoms with Crippen LogP contribution in [0.3, 0.4) is 0 Å². The lowest BCUT2D eigenvalue weighted by Crippen LogP contribution is -2.52. The molecule has 10 heteroatoms. The van der Waals surface area contributed by atoms with Crippen LogP contribution < -0.4 is 20.7 Å². The molecule has 1 saturated heterocycles. The van der Waals surface area contributed by atoms with E-state index in [1.165, 1.54) is 7.11 Å². The number of anilines is 1. The van der Waals surface area contributed by atoms with Gasteiger partial charge in [-0.15, -0.1) is 0 Å². The lowest BCUT2D eigenvalue weighted by molar-refractivity contribution is -0.136. The SMILES string of the molecule is COc1cc(C(=O)NCCCCCc2cccc3c2CN(C2CCC(=O)NC2=O)C3=O)ccc1NC=O. The largest absolute Gasteiger partial charge is 0.495 e. The number of unbranched alkanes of at least 4 members (excludes halogenated alkanes) is 2. The molecule has 3 N–H and O–H groups in total. The Kier molecular flexibility index (Phi) is 8.17. The Morgan fingerprint density at radius 3 is 2.76 bits per heavy atom. The third-order valence-electron chi connectivity index (χ3n) is 6.77. The highest BCUT2D eigenvalue weighted by molar-refractivity contribution is 6.05. The zero-order chi connectivity index (χ0) is 26.4. The molecule has 5 amide bonds. The van der Waals surface area contributed by atoms with Crippen molar-refractivity contribution in [3.05, 3.63) is 58.7 Å². The predicted molar refractivity (Wildman–Crippen MR) is 135 cm³/mol. The number of fused-ring (bicyclic) bond motifs is 1. The second kappa shape index (κ2) is 11.7. The first-order valence-corrected chi connectivity index (χ1v) is 12.3. The maximum Gasteiger partial charge on any atom is 0.255 e. The predicted octanol–water partition coefficient (Wildman–Crippen LogP) is 2.17. The first kappa shape index (κ1) is 25.9. The summed E-state index contributed by atoms with van der Waals surface area (Å²) in [5.74, 6) is -0.686. The van der Waals surface area contributed by atoms with E-state index in [1.807, 2.05) is 12.1 Å². The van der Waals surface area contributed by atoms with Crippen molar-refractivity contribution in [2.75, 3.05) is 19.0 Å². The van der Waals surface area contributed by atoms with Crippen LogP contribution in [0.5, 0.6) is 5.75 Å². The molecule has 0 spiro atoms. The van der Waals surface area contributed by atoms with Gasteiger partial charge in [-0.1, -0.05) is 18.6 Å². The van der Waals surface area contributed by atoms with Gasteiger partial charge in [0.05, 0.1) is 12.8 Å². The molecule has 194 valence electrons. The summed E-state index contributed by atoms with van der Waals surface area (Å²) in [7, 11) is 1.47. The molecule has 0 aromatic heterocycles. The van der Waals surface area contributed by atoms with Crippen molar-refractivity contribution in [1.82, 2.24) is 15.5 Å². The summed E-state index contributed by atoms with van der Waals surface area (Å²) in [5, 5.41) is 7.75. The Bertz CT molecular complexity index is 1230. The second-order valence-electron chi connectivity index (χ2n) is 9.09. The number of carbonyl (C=O) groups excluding carboxylic acids is 5. The van der Waals surface area contributed by atoms with Crippen LogP contribution in [0.25, 0.3) is 0 Å². The Balaban J connectivity index is 1.25. The summed E-state index contributed by atoms with van der Waals surface area (Å²) in [4.78, 5) is 61.4. The van der Waals surface area contributed by atoms with E-state index in [4.69, 9.17) is 4.74 Å². The van der Waals surface area contributed by atoms with Crippen LogP contribution in [0.2, 0.25) is 0 Å². The van der Waals surface area contributed by atoms with Crippen LogP contribution in [0, 0.1) is 0 Å². The monoisotopic (exact) mass is 506 g/mol. The summed E-state index contributed by atoms with van der Waals surface area (Å²) >= 11 is 0. The van der Waals surface area contributed by atoms with Gasteiger partial charge < -0.3 is 20.3 Å². The van der Waals surface area contributed by atoms with Crippen molar-refractivity contribution in [3.8, 4) is 5.75 Å². The second-order valence-corrected chi connectivity index (χ2v) is 9.09. The highest BCUT2D eigenvalue weighted by Gasteiger charge is 2.39. The van der Waals surface area contributed by atoms with Gasteiger partial charge in [0, 0.05) is 30.6 Å². The molecule has 1 atom stereocenters. The van der Waals surface area contributed by atoms with Crippen LogP contribution in [0.1, 0.15) is 63.9 Å². The first-order chi connectivity index (χ1) is 17.9. The minimum atomic E-state index is -0.619. The number of amides is 5. The number of aryl methyl sites for hydroxylation is 1. The van der Waals surface area contributed by atoms with Crippen LogP contribution >= 0.6 is 0 Å². The Hall–Kier alpha value is -4.21. The molecule has 10 nitrogen and oxygen atoms in total. The van der Waals surface area contributed by atoms with Crippen molar-refractivity contribution < 1.29 is 28.7 Å². The topological polar surface area (TPSA) is 134 Å². The average Bonchev–Trinajstić information content (AvgIpc) is 3.23. The number of carbonyl (C=O) groups is 5. The van der Waals surface area contributed by atoms with Gasteiger partial charge in [-0.2, -0.15) is 0 Å². The van der Waals surface area contributed by atoms with Crippen LogP contribution in [-0.4, -0.2) is 54.6 Å². The maximum atomic E-state index is 13.0. The van der Waals surface area contributed by atoms with E-state index in [0.717, 1.165) is 36.8 Å². The fourth-order valence-corrected chi connectivity index (χ4v) is 4.82. The Morgan fingerprint density at radius 2 is 2.00 bits per heavy atom. The van der Waals surface area contributed by atoms with Crippen molar-refractivity contribution in [1.29, 1.82) is 0 Å². The fourth-order valence-electron chi connectivity index (χ4n) is 4.82. The molecular formula is C27H30N4O6. The standard InChI is InChI=1S/C27H30N4O6/c1-37-23-14-18(9-10-21(23)29-16-32)25(34)28-13-4-2-3-6-17-7-5-8-19-20(17)15-31(27(19)36)22-11-12-24(33)30-26(22)35/h5,7-10,14,16,22H,2-4,6,11-13,15H2,1H3,(H,28,34)(H,29,32)(H,30,33,35). The fraction of sp³-hybridized carbons (Fsp3) is 0.370. The molecule has 2 aliphatic heterocycles. The molecule has 0 bridgehead atoms. The number of hydrogen-bond acceptors (Lipinski definition) is 6. The van der Waals surface area contributed by atoms with Gasteiger partial charge in [-0.05, 0) is 61.1 Å². The maximum absolute atomic E-state index is 13.0. The number of nitrogens with one attached hydrogen (secondary N) is 3. The van der Waals surface area contributed by atoms with Crippen molar-refractivity contribution in [3.63, 3.8) is 0 Å². The zero-order valence-corrected chi connectivity index (χ0v) is 20.7. The molecular weight excluding hydrogens is 476 g/mol. The number of imide groups is 1. The van der Waals surface area contributed by atoms with Gasteiger partial charge in [-0.25, -0.2) is 0 Å². The van der Waals surface area contributed by atoms with E-state index < -0.39 is 11.9 Å².